The molecule has 1 aliphatic carbocycles. The van der Waals surface area contributed by atoms with Crippen molar-refractivity contribution in [2.24, 2.45) is 24.9 Å². The Kier molecular flexibility index (Phi) is 15.8. The van der Waals surface area contributed by atoms with Gasteiger partial charge in [0.1, 0.15) is 46.6 Å². The summed E-state index contributed by atoms with van der Waals surface area (Å²) in [4.78, 5) is 8.92. The second-order valence-electron chi connectivity index (χ2n) is 22.1. The number of fused-ring (bicyclic) bond motifs is 2. The molecule has 8 aromatic rings. The molecule has 402 valence electrons. The minimum absolute atomic E-state index is 0.0356. The molecular weight excluding hydrogens is 967 g/mol. The normalized spacial score (nSPS) is 14.1. The number of pyridine rings is 2. The molecule has 1 saturated carbocycles. The molecule has 0 spiro atoms. The first-order valence-electron chi connectivity index (χ1n) is 25.7. The van der Waals surface area contributed by atoms with Crippen LogP contribution in [0.25, 0.3) is 33.5 Å². The van der Waals surface area contributed by atoms with Crippen molar-refractivity contribution in [1.29, 1.82) is 5.26 Å². The lowest BCUT2D eigenvalue weighted by molar-refractivity contribution is 0.0575. The zero-order valence-electron chi connectivity index (χ0n) is 45.8. The predicted octanol–water partition coefficient (Wildman–Crippen LogP) is 9.34. The maximum atomic E-state index is 15.5. The maximum Gasteiger partial charge on any atom is 0.153 e. The number of nitriles is 1. The molecule has 0 amide bonds. The summed E-state index contributed by atoms with van der Waals surface area (Å²) in [7, 11) is 7.48. The Balaban J connectivity index is 0.000000203. The van der Waals surface area contributed by atoms with Crippen LogP contribution in [0, 0.1) is 47.6 Å². The number of imidazole rings is 2. The van der Waals surface area contributed by atoms with E-state index in [4.69, 9.17) is 15.2 Å². The largest absolute Gasteiger partial charge is 0.492 e. The van der Waals surface area contributed by atoms with Crippen molar-refractivity contribution in [3.05, 3.63) is 136 Å². The lowest BCUT2D eigenvalue weighted by Crippen LogP contribution is -2.20. The van der Waals surface area contributed by atoms with E-state index in [1.165, 1.54) is 12.1 Å². The molecule has 18 heteroatoms. The summed E-state index contributed by atoms with van der Waals surface area (Å²) in [5.74, 6) is -0.272. The number of anilines is 1. The van der Waals surface area contributed by atoms with Crippen LogP contribution in [0.5, 0.6) is 11.5 Å². The second kappa shape index (κ2) is 21.8. The van der Waals surface area contributed by atoms with Gasteiger partial charge in [0.15, 0.2) is 5.75 Å². The molecule has 0 aliphatic heterocycles. The van der Waals surface area contributed by atoms with Crippen molar-refractivity contribution in [1.82, 2.24) is 49.0 Å². The Hall–Kier alpha value is -7.17. The van der Waals surface area contributed by atoms with Crippen LogP contribution in [0.2, 0.25) is 0 Å². The molecule has 6 aromatic heterocycles. The highest BCUT2D eigenvalue weighted by Gasteiger charge is 2.49. The molecule has 16 nitrogen and oxygen atoms in total. The minimum atomic E-state index is -0.885. The van der Waals surface area contributed by atoms with Crippen molar-refractivity contribution >= 4 is 17.0 Å². The fourth-order valence-corrected chi connectivity index (χ4v) is 9.63. The van der Waals surface area contributed by atoms with Crippen LogP contribution in [0.15, 0.2) is 73.3 Å². The quantitative estimate of drug-likeness (QED) is 0.0542. The second-order valence-corrected chi connectivity index (χ2v) is 22.1. The lowest BCUT2D eigenvalue weighted by atomic mass is 9.85. The average Bonchev–Trinajstić information content (AvgIpc) is 3.60. The molecule has 9 rings (SSSR count). The summed E-state index contributed by atoms with van der Waals surface area (Å²) < 4.78 is 50.1. The van der Waals surface area contributed by atoms with E-state index in [9.17, 15) is 19.9 Å². The highest BCUT2D eigenvalue weighted by Crippen LogP contribution is 2.54. The molecule has 2 atom stereocenters. The van der Waals surface area contributed by atoms with Crippen LogP contribution in [-0.4, -0.2) is 75.9 Å². The van der Waals surface area contributed by atoms with Crippen LogP contribution in [0.4, 0.5) is 14.5 Å². The zero-order chi connectivity index (χ0) is 55.0. The van der Waals surface area contributed by atoms with Crippen LogP contribution >= 0.6 is 0 Å². The van der Waals surface area contributed by atoms with Crippen molar-refractivity contribution in [2.75, 3.05) is 33.0 Å². The van der Waals surface area contributed by atoms with E-state index >= 15 is 4.39 Å². The zero-order valence-corrected chi connectivity index (χ0v) is 45.8. The van der Waals surface area contributed by atoms with Gasteiger partial charge >= 0.3 is 0 Å². The van der Waals surface area contributed by atoms with Crippen LogP contribution in [0.3, 0.4) is 0 Å². The fourth-order valence-electron chi connectivity index (χ4n) is 9.63. The number of nitrogens with two attached hydrogens (primary N) is 1. The Morgan fingerprint density at radius 1 is 0.697 bits per heavy atom. The van der Waals surface area contributed by atoms with Crippen LogP contribution in [0.1, 0.15) is 117 Å². The highest BCUT2D eigenvalue weighted by atomic mass is 19.1. The summed E-state index contributed by atoms with van der Waals surface area (Å²) in [6.07, 6.45) is 8.28. The number of aliphatic hydroxyl groups is 2. The summed E-state index contributed by atoms with van der Waals surface area (Å²) in [6, 6.07) is 16.3. The summed E-state index contributed by atoms with van der Waals surface area (Å²) >= 11 is 0. The van der Waals surface area contributed by atoms with Gasteiger partial charge in [-0.05, 0) is 100 Å². The molecule has 6 N–H and O–H groups in total. The number of aliphatic hydroxyl groups excluding tert-OH is 2. The average molecular weight is 1040 g/mol. The van der Waals surface area contributed by atoms with E-state index in [1.807, 2.05) is 141 Å². The first-order chi connectivity index (χ1) is 36.0. The summed E-state index contributed by atoms with van der Waals surface area (Å²) in [5.41, 5.74) is 16.5. The van der Waals surface area contributed by atoms with Gasteiger partial charge < -0.3 is 44.9 Å². The predicted molar refractivity (Wildman–Crippen MR) is 291 cm³/mol. The molecule has 0 bridgehead atoms. The molecule has 0 radical (unpaired) electrons. The number of hydrogen-bond donors (Lipinski definition) is 5. The first-order valence-corrected chi connectivity index (χ1v) is 25.7. The Bertz CT molecular complexity index is 3440. The van der Waals surface area contributed by atoms with Gasteiger partial charge in [0.2, 0.25) is 0 Å². The third-order valence-electron chi connectivity index (χ3n) is 14.5. The number of aromatic nitrogens is 8. The van der Waals surface area contributed by atoms with Gasteiger partial charge in [-0.25, -0.2) is 18.7 Å². The maximum absolute atomic E-state index is 15.5. The van der Waals surface area contributed by atoms with Crippen molar-refractivity contribution in [2.45, 2.75) is 112 Å². The van der Waals surface area contributed by atoms with E-state index in [2.05, 4.69) is 36.9 Å². The van der Waals surface area contributed by atoms with E-state index in [0.29, 0.717) is 72.8 Å². The third kappa shape index (κ3) is 10.9. The van der Waals surface area contributed by atoms with E-state index < -0.39 is 29.3 Å². The smallest absolute Gasteiger partial charge is 0.153 e. The van der Waals surface area contributed by atoms with Crippen LogP contribution in [-0.2, 0) is 45.4 Å². The van der Waals surface area contributed by atoms with Crippen molar-refractivity contribution in [3.63, 3.8) is 0 Å². The third-order valence-corrected chi connectivity index (χ3v) is 14.5. The van der Waals surface area contributed by atoms with Gasteiger partial charge in [-0.1, -0.05) is 41.5 Å². The molecule has 1 fully saturated rings. The molecule has 1 aliphatic rings. The van der Waals surface area contributed by atoms with Crippen molar-refractivity contribution < 1.29 is 28.5 Å². The number of ether oxygens (including phenoxy) is 2. The van der Waals surface area contributed by atoms with Gasteiger partial charge in [-0.15, -0.1) is 0 Å². The highest BCUT2D eigenvalue weighted by molar-refractivity contribution is 5.78. The van der Waals surface area contributed by atoms with Gasteiger partial charge in [-0.2, -0.15) is 15.5 Å². The van der Waals surface area contributed by atoms with Crippen LogP contribution < -0.4 is 25.8 Å². The molecular formula is C58H72F2N12O4. The number of halogens is 2. The number of nitrogen functional groups attached to an aromatic ring is 1. The number of rotatable bonds is 17. The van der Waals surface area contributed by atoms with Crippen molar-refractivity contribution in [3.8, 4) is 39.8 Å². The Labute approximate surface area is 443 Å². The number of benzene rings is 2. The molecule has 76 heavy (non-hydrogen) atoms. The minimum Gasteiger partial charge on any atom is -0.492 e. The number of aryl methyl sites for hydroxylation is 2. The number of nitrogens with zero attached hydrogens (tertiary/aromatic N) is 9. The first kappa shape index (κ1) is 55.1. The monoisotopic (exact) mass is 1040 g/mol. The standard InChI is InChI=1S/C31H37FN6O2.C27H35FN6O2/c1-19-22(27(36-37(19)6)29(39)30(2,3)4)11-14-40-28-23(8-9-24(32)26(28)31(18-33)12-13-31)20-7-10-25-35-16-21(15-34-5)38(25)17-20;1-16-19(24(32-33(16)6)26(35)27(2,3)4)11-12-36-25-20(8-9-21(28)23(25)29)17-7-10-22-31-14-18(13-30-5)34(22)15-17/h7-10,16-17,29,34,39H,11-15H2,1-6H3;7-10,14-15,26,30,35H,11-13,29H2,1-6H3. The molecule has 0 saturated heterocycles. The molecule has 2 aromatic carbocycles. The van der Waals surface area contributed by atoms with Gasteiger partial charge in [-0.3, -0.25) is 9.36 Å². The van der Waals surface area contributed by atoms with E-state index in [0.717, 1.165) is 61.9 Å². The SMILES string of the molecule is CNCc1cnc2ccc(-c3ccc(F)c(C4(C#N)CC4)c3OCCc3c(C(O)C(C)(C)C)nn(C)c3C)cn12.CNCc1cnc2ccc(-c3ccc(F)c(N)c3OCCc3c(C(O)C(C)(C)C)nn(C)c3C)cn12. The van der Waals surface area contributed by atoms with E-state index in [1.54, 1.807) is 21.5 Å². The topological polar surface area (TPSA) is 203 Å². The van der Waals surface area contributed by atoms with Gasteiger partial charge in [0.05, 0.1) is 65.4 Å². The van der Waals surface area contributed by atoms with Gasteiger partial charge in [0, 0.05) is 97.2 Å². The fraction of sp³-hybridized carbons (Fsp3) is 0.431. The summed E-state index contributed by atoms with van der Waals surface area (Å²) in [6.45, 7) is 17.6. The molecule has 6 heterocycles. The van der Waals surface area contributed by atoms with Gasteiger partial charge in [0.25, 0.3) is 0 Å². The lowest BCUT2D eigenvalue weighted by Gasteiger charge is -2.25. The van der Waals surface area contributed by atoms with E-state index in [-0.39, 0.29) is 29.7 Å². The number of hydrogen-bond acceptors (Lipinski definition) is 12. The Morgan fingerprint density at radius 2 is 1.13 bits per heavy atom. The number of nitrogens with one attached hydrogen (secondary N) is 2. The molecule has 2 unspecified atom stereocenters. The Morgan fingerprint density at radius 3 is 1.55 bits per heavy atom. The summed E-state index contributed by atoms with van der Waals surface area (Å²) in [5, 5.41) is 47.4.